The molecule has 0 saturated carbocycles. The molecule has 1 aromatic carbocycles. The Morgan fingerprint density at radius 1 is 1.28 bits per heavy atom. The normalized spacial score (nSPS) is 12.5. The van der Waals surface area contributed by atoms with Crippen molar-refractivity contribution in [2.45, 2.75) is 20.4 Å². The van der Waals surface area contributed by atoms with E-state index in [1.54, 1.807) is 0 Å². The highest BCUT2D eigenvalue weighted by atomic mass is 16.3. The Morgan fingerprint density at radius 2 is 2.00 bits per heavy atom. The molecule has 1 aromatic heterocycles. The summed E-state index contributed by atoms with van der Waals surface area (Å²) in [6.45, 7) is 6.01. The Morgan fingerprint density at radius 3 is 2.72 bits per heavy atom. The molecule has 0 unspecified atom stereocenters. The minimum Gasteiger partial charge on any atom is -0.464 e. The Kier molecular flexibility index (Phi) is 3.73. The van der Waals surface area contributed by atoms with Gasteiger partial charge in [0.2, 0.25) is 0 Å². The van der Waals surface area contributed by atoms with Crippen molar-refractivity contribution in [2.24, 2.45) is 5.41 Å². The van der Waals surface area contributed by atoms with E-state index in [0.29, 0.717) is 0 Å². The van der Waals surface area contributed by atoms with Crippen LogP contribution in [0.5, 0.6) is 0 Å². The van der Waals surface area contributed by atoms with Crippen molar-refractivity contribution < 1.29 is 9.52 Å². The first-order valence-electron chi connectivity index (χ1n) is 6.26. The molecule has 18 heavy (non-hydrogen) atoms. The summed E-state index contributed by atoms with van der Waals surface area (Å²) in [6, 6.07) is 8.07. The van der Waals surface area contributed by atoms with E-state index in [0.717, 1.165) is 18.7 Å². The third-order valence-electron chi connectivity index (χ3n) is 3.13. The summed E-state index contributed by atoms with van der Waals surface area (Å²) in [7, 11) is 2.07. The van der Waals surface area contributed by atoms with E-state index in [2.05, 4.69) is 31.9 Å². The first-order valence-corrected chi connectivity index (χ1v) is 6.26. The van der Waals surface area contributed by atoms with Gasteiger partial charge in [-0.2, -0.15) is 0 Å². The van der Waals surface area contributed by atoms with Crippen LogP contribution in [0.25, 0.3) is 11.0 Å². The van der Waals surface area contributed by atoms with Gasteiger partial charge in [0, 0.05) is 36.1 Å². The molecular formula is C15H21NO2. The largest absolute Gasteiger partial charge is 0.464 e. The van der Waals surface area contributed by atoms with Crippen molar-refractivity contribution >= 4 is 11.0 Å². The molecular weight excluding hydrogens is 226 g/mol. The highest BCUT2D eigenvalue weighted by molar-refractivity contribution is 5.80. The van der Waals surface area contributed by atoms with Crippen LogP contribution in [0.2, 0.25) is 0 Å². The molecule has 1 N–H and O–H groups in total. The third-order valence-corrected chi connectivity index (χ3v) is 3.13. The van der Waals surface area contributed by atoms with Gasteiger partial charge in [-0.1, -0.05) is 32.0 Å². The maximum Gasteiger partial charge on any atom is 0.134 e. The lowest BCUT2D eigenvalue weighted by atomic mass is 9.94. The quantitative estimate of drug-likeness (QED) is 0.882. The second-order valence-corrected chi connectivity index (χ2v) is 5.75. The number of furan rings is 1. The van der Waals surface area contributed by atoms with E-state index in [9.17, 15) is 5.11 Å². The summed E-state index contributed by atoms with van der Waals surface area (Å²) >= 11 is 0. The highest BCUT2D eigenvalue weighted by Gasteiger charge is 2.19. The Hall–Kier alpha value is -1.32. The maximum absolute atomic E-state index is 9.30. The number of hydrogen-bond acceptors (Lipinski definition) is 3. The molecule has 0 atom stereocenters. The summed E-state index contributed by atoms with van der Waals surface area (Å²) in [4.78, 5) is 2.22. The van der Waals surface area contributed by atoms with Gasteiger partial charge in [0.05, 0.1) is 6.26 Å². The molecule has 2 aromatic rings. The van der Waals surface area contributed by atoms with E-state index in [-0.39, 0.29) is 12.0 Å². The van der Waals surface area contributed by atoms with Crippen molar-refractivity contribution in [1.82, 2.24) is 4.90 Å². The molecule has 0 spiro atoms. The number of rotatable bonds is 5. The average molecular weight is 247 g/mol. The van der Waals surface area contributed by atoms with Gasteiger partial charge < -0.3 is 14.4 Å². The minimum atomic E-state index is -0.0751. The van der Waals surface area contributed by atoms with E-state index < -0.39 is 0 Å². The van der Waals surface area contributed by atoms with Gasteiger partial charge in [-0.25, -0.2) is 0 Å². The molecule has 98 valence electrons. The van der Waals surface area contributed by atoms with E-state index in [1.807, 2.05) is 24.5 Å². The number of para-hydroxylation sites is 1. The van der Waals surface area contributed by atoms with Crippen LogP contribution in [0, 0.1) is 5.41 Å². The van der Waals surface area contributed by atoms with Crippen LogP contribution >= 0.6 is 0 Å². The SMILES string of the molecule is CN(Cc1coc2ccccc12)CC(C)(C)CO. The number of hydrogen-bond donors (Lipinski definition) is 1. The number of benzene rings is 1. The molecule has 0 aliphatic carbocycles. The monoisotopic (exact) mass is 247 g/mol. The molecule has 1 heterocycles. The summed E-state index contributed by atoms with van der Waals surface area (Å²) < 4.78 is 5.53. The molecule has 2 rings (SSSR count). The molecule has 0 saturated heterocycles. The number of aliphatic hydroxyl groups is 1. The Balaban J connectivity index is 2.09. The Labute approximate surface area is 108 Å². The van der Waals surface area contributed by atoms with E-state index >= 15 is 0 Å². The van der Waals surface area contributed by atoms with Gasteiger partial charge in [0.15, 0.2) is 0 Å². The second-order valence-electron chi connectivity index (χ2n) is 5.75. The van der Waals surface area contributed by atoms with Gasteiger partial charge >= 0.3 is 0 Å². The lowest BCUT2D eigenvalue weighted by Crippen LogP contribution is -2.33. The van der Waals surface area contributed by atoms with Crippen molar-refractivity contribution in [2.75, 3.05) is 20.2 Å². The highest BCUT2D eigenvalue weighted by Crippen LogP contribution is 2.23. The number of fused-ring (bicyclic) bond motifs is 1. The van der Waals surface area contributed by atoms with E-state index in [4.69, 9.17) is 4.42 Å². The van der Waals surface area contributed by atoms with Gasteiger partial charge in [0.1, 0.15) is 5.58 Å². The van der Waals surface area contributed by atoms with Crippen LogP contribution in [0.4, 0.5) is 0 Å². The van der Waals surface area contributed by atoms with Crippen LogP contribution in [-0.2, 0) is 6.54 Å². The summed E-state index contributed by atoms with van der Waals surface area (Å²) in [6.07, 6.45) is 1.83. The number of aliphatic hydroxyl groups excluding tert-OH is 1. The zero-order valence-corrected chi connectivity index (χ0v) is 11.3. The van der Waals surface area contributed by atoms with Gasteiger partial charge in [-0.05, 0) is 13.1 Å². The van der Waals surface area contributed by atoms with Crippen molar-refractivity contribution in [3.63, 3.8) is 0 Å². The van der Waals surface area contributed by atoms with Crippen LogP contribution < -0.4 is 0 Å². The number of nitrogens with zero attached hydrogens (tertiary/aromatic N) is 1. The predicted octanol–water partition coefficient (Wildman–Crippen LogP) is 2.88. The van der Waals surface area contributed by atoms with Gasteiger partial charge in [-0.15, -0.1) is 0 Å². The fraction of sp³-hybridized carbons (Fsp3) is 0.467. The fourth-order valence-electron chi connectivity index (χ4n) is 2.28. The molecule has 0 amide bonds. The summed E-state index contributed by atoms with van der Waals surface area (Å²) in [5.74, 6) is 0. The van der Waals surface area contributed by atoms with Gasteiger partial charge in [0.25, 0.3) is 0 Å². The summed E-state index contributed by atoms with van der Waals surface area (Å²) in [5, 5.41) is 10.5. The zero-order valence-electron chi connectivity index (χ0n) is 11.3. The molecule has 0 fully saturated rings. The second kappa shape index (κ2) is 5.12. The lowest BCUT2D eigenvalue weighted by molar-refractivity contribution is 0.112. The van der Waals surface area contributed by atoms with Crippen LogP contribution in [-0.4, -0.2) is 30.2 Å². The van der Waals surface area contributed by atoms with Crippen LogP contribution in [0.3, 0.4) is 0 Å². The maximum atomic E-state index is 9.30. The van der Waals surface area contributed by atoms with E-state index in [1.165, 1.54) is 10.9 Å². The van der Waals surface area contributed by atoms with Crippen molar-refractivity contribution in [3.8, 4) is 0 Å². The molecule has 0 bridgehead atoms. The Bertz CT molecular complexity index is 516. The average Bonchev–Trinajstić information content (AvgIpc) is 2.72. The first-order chi connectivity index (χ1) is 8.52. The molecule has 3 nitrogen and oxygen atoms in total. The molecule has 0 aliphatic heterocycles. The fourth-order valence-corrected chi connectivity index (χ4v) is 2.28. The standard InChI is InChI=1S/C15H21NO2/c1-15(2,11-17)10-16(3)8-12-9-18-14-7-5-4-6-13(12)14/h4-7,9,17H,8,10-11H2,1-3H3. The smallest absolute Gasteiger partial charge is 0.134 e. The zero-order chi connectivity index (χ0) is 13.2. The topological polar surface area (TPSA) is 36.6 Å². The minimum absolute atomic E-state index is 0.0751. The van der Waals surface area contributed by atoms with Crippen molar-refractivity contribution in [3.05, 3.63) is 36.1 Å². The van der Waals surface area contributed by atoms with Crippen molar-refractivity contribution in [1.29, 1.82) is 0 Å². The van der Waals surface area contributed by atoms with Crippen LogP contribution in [0.15, 0.2) is 34.9 Å². The van der Waals surface area contributed by atoms with Gasteiger partial charge in [-0.3, -0.25) is 0 Å². The predicted molar refractivity (Wildman–Crippen MR) is 73.4 cm³/mol. The summed E-state index contributed by atoms with van der Waals surface area (Å²) in [5.41, 5.74) is 2.05. The first kappa shape index (κ1) is 13.1. The third kappa shape index (κ3) is 2.92. The van der Waals surface area contributed by atoms with Crippen LogP contribution in [0.1, 0.15) is 19.4 Å². The molecule has 0 radical (unpaired) electrons. The lowest BCUT2D eigenvalue weighted by Gasteiger charge is -2.28. The molecule has 0 aliphatic rings. The molecule has 3 heteroatoms.